The normalized spacial score (nSPS) is 13.2. The highest BCUT2D eigenvalue weighted by atomic mass is 16.5. The van der Waals surface area contributed by atoms with Crippen molar-refractivity contribution >= 4 is 29.3 Å². The summed E-state index contributed by atoms with van der Waals surface area (Å²) in [7, 11) is 0. The number of aliphatic hydroxyl groups is 2. The minimum atomic E-state index is -2.07. The molecule has 2 rings (SSSR count). The van der Waals surface area contributed by atoms with Crippen LogP contribution < -0.4 is 5.32 Å². The predicted octanol–water partition coefficient (Wildman–Crippen LogP) is 2.99. The highest BCUT2D eigenvalue weighted by Gasteiger charge is 2.34. The molecule has 0 aliphatic carbocycles. The van der Waals surface area contributed by atoms with Crippen LogP contribution in [0.2, 0.25) is 0 Å². The van der Waals surface area contributed by atoms with E-state index in [0.29, 0.717) is 18.7 Å². The quantitative estimate of drug-likeness (QED) is 0.304. The smallest absolute Gasteiger partial charge is 0.309 e. The van der Waals surface area contributed by atoms with E-state index in [1.165, 1.54) is 12.1 Å². The minimum absolute atomic E-state index is 0.127. The Kier molecular flexibility index (Phi) is 12.6. The topological polar surface area (TPSA) is 133 Å². The van der Waals surface area contributed by atoms with Gasteiger partial charge in [-0.3, -0.25) is 19.2 Å². The van der Waals surface area contributed by atoms with Gasteiger partial charge in [-0.05, 0) is 49.9 Å². The highest BCUT2D eigenvalue weighted by Crippen LogP contribution is 2.18. The van der Waals surface area contributed by atoms with E-state index in [0.717, 1.165) is 18.4 Å². The molecular weight excluding hydrogens is 488 g/mol. The molecule has 0 spiro atoms. The standard InChI is InChI=1S/C29H38N2O7/c1-4-15-31(16-5-2)28(36)21-13-10-14-23(18-21)30-27(35)26(34)25(33)24(32)19-22(29(37)38-6-3)17-20-11-8-7-9-12-20/h7-14,18,22,25-26,33-34H,4-6,15-17,19H2,1-3H3,(H,30,35)/t22-,25+,26-/m1/s1. The molecule has 2 aromatic rings. The molecule has 9 nitrogen and oxygen atoms in total. The van der Waals surface area contributed by atoms with Crippen LogP contribution in [0.1, 0.15) is 56.0 Å². The van der Waals surface area contributed by atoms with Crippen molar-refractivity contribution in [2.75, 3.05) is 25.0 Å². The summed E-state index contributed by atoms with van der Waals surface area (Å²) in [5, 5.41) is 23.3. The van der Waals surface area contributed by atoms with Gasteiger partial charge in [-0.15, -0.1) is 0 Å². The van der Waals surface area contributed by atoms with E-state index in [9.17, 15) is 29.4 Å². The first-order chi connectivity index (χ1) is 18.2. The lowest BCUT2D eigenvalue weighted by atomic mass is 9.91. The summed E-state index contributed by atoms with van der Waals surface area (Å²) in [5.41, 5.74) is 1.41. The second kappa shape index (κ2) is 15.6. The molecule has 0 heterocycles. The van der Waals surface area contributed by atoms with Crippen molar-refractivity contribution in [1.29, 1.82) is 0 Å². The Labute approximate surface area is 223 Å². The minimum Gasteiger partial charge on any atom is -0.466 e. The van der Waals surface area contributed by atoms with Gasteiger partial charge < -0.3 is 25.2 Å². The number of anilines is 1. The molecule has 0 radical (unpaired) electrons. The number of ketones is 1. The Morgan fingerprint density at radius 3 is 2.16 bits per heavy atom. The van der Waals surface area contributed by atoms with E-state index in [1.807, 2.05) is 19.9 Å². The van der Waals surface area contributed by atoms with Gasteiger partial charge in [0.05, 0.1) is 12.5 Å². The number of aliphatic hydroxyl groups excluding tert-OH is 2. The summed E-state index contributed by atoms with van der Waals surface area (Å²) >= 11 is 0. The molecule has 0 aromatic heterocycles. The summed E-state index contributed by atoms with van der Waals surface area (Å²) in [4.78, 5) is 52.4. The molecular formula is C29H38N2O7. The maximum Gasteiger partial charge on any atom is 0.309 e. The van der Waals surface area contributed by atoms with Gasteiger partial charge in [-0.25, -0.2) is 0 Å². The molecule has 2 amide bonds. The van der Waals surface area contributed by atoms with Crippen molar-refractivity contribution in [3.63, 3.8) is 0 Å². The van der Waals surface area contributed by atoms with Gasteiger partial charge >= 0.3 is 5.97 Å². The number of esters is 1. The summed E-state index contributed by atoms with van der Waals surface area (Å²) in [6, 6.07) is 15.3. The summed E-state index contributed by atoms with van der Waals surface area (Å²) in [6.07, 6.45) is -2.71. The van der Waals surface area contributed by atoms with E-state index >= 15 is 0 Å². The fourth-order valence-electron chi connectivity index (χ4n) is 4.06. The molecule has 0 aliphatic heterocycles. The monoisotopic (exact) mass is 526 g/mol. The molecule has 0 bridgehead atoms. The second-order valence-corrected chi connectivity index (χ2v) is 9.06. The van der Waals surface area contributed by atoms with E-state index in [1.54, 1.807) is 48.2 Å². The SMILES string of the molecule is CCCN(CCC)C(=O)c1cccc(NC(=O)[C@H](O)[C@@H](O)C(=O)C[C@@H](Cc2ccccc2)C(=O)OCC)c1. The fraction of sp³-hybridized carbons (Fsp3) is 0.448. The Morgan fingerprint density at radius 2 is 1.55 bits per heavy atom. The van der Waals surface area contributed by atoms with Gasteiger partial charge in [0.25, 0.3) is 11.8 Å². The van der Waals surface area contributed by atoms with Crippen molar-refractivity contribution < 1.29 is 34.1 Å². The molecule has 0 saturated carbocycles. The number of benzene rings is 2. The lowest BCUT2D eigenvalue weighted by Gasteiger charge is -2.22. The number of carbonyl (C=O) groups is 4. The average Bonchev–Trinajstić information content (AvgIpc) is 2.92. The van der Waals surface area contributed by atoms with Crippen LogP contribution in [0.3, 0.4) is 0 Å². The third-order valence-corrected chi connectivity index (χ3v) is 5.94. The molecule has 0 saturated heterocycles. The lowest BCUT2D eigenvalue weighted by molar-refractivity contribution is -0.151. The zero-order chi connectivity index (χ0) is 28.1. The lowest BCUT2D eigenvalue weighted by Crippen LogP contribution is -2.43. The molecule has 3 N–H and O–H groups in total. The molecule has 3 atom stereocenters. The van der Waals surface area contributed by atoms with E-state index in [4.69, 9.17) is 4.74 Å². The van der Waals surface area contributed by atoms with Crippen LogP contribution in [-0.4, -0.2) is 70.6 Å². The van der Waals surface area contributed by atoms with Crippen molar-refractivity contribution in [2.45, 2.75) is 58.7 Å². The molecule has 0 unspecified atom stereocenters. The fourth-order valence-corrected chi connectivity index (χ4v) is 4.06. The molecule has 38 heavy (non-hydrogen) atoms. The van der Waals surface area contributed by atoms with Gasteiger partial charge in [-0.2, -0.15) is 0 Å². The van der Waals surface area contributed by atoms with Gasteiger partial charge in [0.15, 0.2) is 11.9 Å². The largest absolute Gasteiger partial charge is 0.466 e. The first kappa shape index (κ1) is 30.7. The van der Waals surface area contributed by atoms with Gasteiger partial charge in [-0.1, -0.05) is 50.2 Å². The second-order valence-electron chi connectivity index (χ2n) is 9.06. The summed E-state index contributed by atoms with van der Waals surface area (Å²) in [6.45, 7) is 6.95. The number of ether oxygens (including phenoxy) is 1. The number of nitrogens with one attached hydrogen (secondary N) is 1. The Morgan fingerprint density at radius 1 is 0.895 bits per heavy atom. The molecule has 0 aliphatic rings. The zero-order valence-electron chi connectivity index (χ0n) is 22.3. The Balaban J connectivity index is 2.07. The zero-order valence-corrected chi connectivity index (χ0v) is 22.3. The first-order valence-corrected chi connectivity index (χ1v) is 13.0. The molecule has 206 valence electrons. The Hall–Kier alpha value is -3.56. The van der Waals surface area contributed by atoms with E-state index in [2.05, 4.69) is 5.32 Å². The molecule has 2 aromatic carbocycles. The van der Waals surface area contributed by atoms with Gasteiger partial charge in [0.2, 0.25) is 0 Å². The number of carbonyl (C=O) groups excluding carboxylic acids is 4. The van der Waals surface area contributed by atoms with Crippen LogP contribution in [0.25, 0.3) is 0 Å². The third kappa shape index (κ3) is 9.08. The van der Waals surface area contributed by atoms with Crippen molar-refractivity contribution in [3.8, 4) is 0 Å². The maximum absolute atomic E-state index is 12.9. The number of Topliss-reactive ketones (excluding diaryl/α,β-unsaturated/α-hetero) is 1. The number of nitrogens with zero attached hydrogens (tertiary/aromatic N) is 1. The summed E-state index contributed by atoms with van der Waals surface area (Å²) < 4.78 is 5.08. The maximum atomic E-state index is 12.9. The van der Waals surface area contributed by atoms with Gasteiger partial charge in [0, 0.05) is 30.8 Å². The van der Waals surface area contributed by atoms with Crippen molar-refractivity contribution in [2.24, 2.45) is 5.92 Å². The molecule has 9 heteroatoms. The van der Waals surface area contributed by atoms with Crippen LogP contribution >= 0.6 is 0 Å². The average molecular weight is 527 g/mol. The van der Waals surface area contributed by atoms with Gasteiger partial charge in [0.1, 0.15) is 6.10 Å². The van der Waals surface area contributed by atoms with Crippen LogP contribution in [0.4, 0.5) is 5.69 Å². The van der Waals surface area contributed by atoms with Crippen LogP contribution in [0, 0.1) is 5.92 Å². The van der Waals surface area contributed by atoms with Crippen LogP contribution in [-0.2, 0) is 25.5 Å². The van der Waals surface area contributed by atoms with E-state index in [-0.39, 0.29) is 24.6 Å². The van der Waals surface area contributed by atoms with Crippen molar-refractivity contribution in [3.05, 3.63) is 65.7 Å². The Bertz CT molecular complexity index is 1070. The number of hydrogen-bond donors (Lipinski definition) is 3. The number of hydrogen-bond acceptors (Lipinski definition) is 7. The number of amides is 2. The van der Waals surface area contributed by atoms with Crippen molar-refractivity contribution in [1.82, 2.24) is 4.90 Å². The van der Waals surface area contributed by atoms with E-state index < -0.39 is 42.2 Å². The third-order valence-electron chi connectivity index (χ3n) is 5.94. The predicted molar refractivity (Wildman–Crippen MR) is 143 cm³/mol. The highest BCUT2D eigenvalue weighted by molar-refractivity contribution is 6.01. The first-order valence-electron chi connectivity index (χ1n) is 13.0. The summed E-state index contributed by atoms with van der Waals surface area (Å²) in [5.74, 6) is -3.53. The number of rotatable bonds is 15. The van der Waals surface area contributed by atoms with Crippen LogP contribution in [0.15, 0.2) is 54.6 Å². The molecule has 0 fully saturated rings. The van der Waals surface area contributed by atoms with Crippen LogP contribution in [0.5, 0.6) is 0 Å².